The number of hydrogen-bond donors (Lipinski definition) is 0. The van der Waals surface area contributed by atoms with E-state index in [9.17, 15) is 4.79 Å². The monoisotopic (exact) mass is 345 g/mol. The Balaban J connectivity index is 1.92. The largest absolute Gasteiger partial charge is 0.493 e. The molecule has 0 aliphatic carbocycles. The van der Waals surface area contributed by atoms with Crippen LogP contribution in [0.1, 0.15) is 28.0 Å². The van der Waals surface area contributed by atoms with Crippen molar-refractivity contribution < 1.29 is 19.0 Å². The maximum absolute atomic E-state index is 13.1. The first-order valence-corrected chi connectivity index (χ1v) is 8.18. The maximum atomic E-state index is 13.1. The summed E-state index contributed by atoms with van der Waals surface area (Å²) in [6.45, 7) is 1.25. The topological polar surface area (TPSA) is 65.8 Å². The van der Waals surface area contributed by atoms with E-state index in [1.165, 1.54) is 5.69 Å². The fourth-order valence-corrected chi connectivity index (χ4v) is 3.25. The molecule has 1 aromatic heterocycles. The average molecular weight is 345 g/mol. The normalized spacial score (nSPS) is 13.8. The average Bonchev–Trinajstić information content (AvgIpc) is 2.85. The zero-order valence-corrected chi connectivity index (χ0v) is 15.0. The lowest BCUT2D eigenvalue weighted by Crippen LogP contribution is -2.30. The van der Waals surface area contributed by atoms with Crippen molar-refractivity contribution in [3.8, 4) is 17.2 Å². The molecule has 7 nitrogen and oxygen atoms in total. The third kappa shape index (κ3) is 3.14. The third-order valence-corrected chi connectivity index (χ3v) is 4.55. The molecule has 0 atom stereocenters. The Morgan fingerprint density at radius 2 is 1.80 bits per heavy atom. The number of methoxy groups -OCH3 is 3. The summed E-state index contributed by atoms with van der Waals surface area (Å²) in [5.41, 5.74) is 2.81. The first kappa shape index (κ1) is 17.1. The molecular weight excluding hydrogens is 322 g/mol. The van der Waals surface area contributed by atoms with Crippen LogP contribution < -0.4 is 14.2 Å². The summed E-state index contributed by atoms with van der Waals surface area (Å²) in [4.78, 5) is 14.9. The molecule has 0 spiro atoms. The lowest BCUT2D eigenvalue weighted by Gasteiger charge is -2.21. The van der Waals surface area contributed by atoms with Crippen LogP contribution >= 0.6 is 0 Å². The molecular formula is C18H23N3O4. The van der Waals surface area contributed by atoms with Crippen LogP contribution in [0.4, 0.5) is 0 Å². The van der Waals surface area contributed by atoms with E-state index in [0.717, 1.165) is 18.4 Å². The van der Waals surface area contributed by atoms with Gasteiger partial charge in [-0.25, -0.2) is 0 Å². The summed E-state index contributed by atoms with van der Waals surface area (Å²) < 4.78 is 17.9. The van der Waals surface area contributed by atoms with Crippen LogP contribution in [0.2, 0.25) is 0 Å². The Morgan fingerprint density at radius 3 is 2.40 bits per heavy atom. The van der Waals surface area contributed by atoms with Crippen LogP contribution in [0.5, 0.6) is 17.2 Å². The van der Waals surface area contributed by atoms with Crippen molar-refractivity contribution in [1.82, 2.24) is 14.7 Å². The van der Waals surface area contributed by atoms with Gasteiger partial charge in [0.2, 0.25) is 5.75 Å². The van der Waals surface area contributed by atoms with Crippen molar-refractivity contribution in [3.05, 3.63) is 35.2 Å². The molecule has 2 heterocycles. The van der Waals surface area contributed by atoms with E-state index >= 15 is 0 Å². The zero-order chi connectivity index (χ0) is 18.0. The molecule has 2 aromatic rings. The van der Waals surface area contributed by atoms with E-state index in [-0.39, 0.29) is 5.91 Å². The SMILES string of the molecule is COc1cc(C(=O)N2CCCc3c(cnn3C)C2)cc(OC)c1OC. The van der Waals surface area contributed by atoms with Crippen LogP contribution in [0, 0.1) is 0 Å². The summed E-state index contributed by atoms with van der Waals surface area (Å²) in [6.07, 6.45) is 3.67. The second-order valence-corrected chi connectivity index (χ2v) is 5.98. The van der Waals surface area contributed by atoms with Gasteiger partial charge in [0.15, 0.2) is 11.5 Å². The Morgan fingerprint density at radius 1 is 1.12 bits per heavy atom. The number of fused-ring (bicyclic) bond motifs is 1. The van der Waals surface area contributed by atoms with E-state index in [0.29, 0.717) is 35.9 Å². The first-order valence-electron chi connectivity index (χ1n) is 8.18. The number of nitrogens with zero attached hydrogens (tertiary/aromatic N) is 3. The maximum Gasteiger partial charge on any atom is 0.254 e. The van der Waals surface area contributed by atoms with E-state index in [4.69, 9.17) is 14.2 Å². The Kier molecular flexibility index (Phi) is 4.83. The molecule has 25 heavy (non-hydrogen) atoms. The van der Waals surface area contributed by atoms with Crippen molar-refractivity contribution in [1.29, 1.82) is 0 Å². The second kappa shape index (κ2) is 7.04. The molecule has 0 saturated heterocycles. The minimum atomic E-state index is -0.0593. The van der Waals surface area contributed by atoms with Crippen molar-refractivity contribution in [2.75, 3.05) is 27.9 Å². The number of rotatable bonds is 4. The molecule has 1 amide bonds. The third-order valence-electron chi connectivity index (χ3n) is 4.55. The highest BCUT2D eigenvalue weighted by atomic mass is 16.5. The number of aryl methyl sites for hydroxylation is 1. The van der Waals surface area contributed by atoms with Gasteiger partial charge in [0.05, 0.1) is 27.5 Å². The number of amides is 1. The molecule has 0 saturated carbocycles. The van der Waals surface area contributed by atoms with Gasteiger partial charge in [-0.05, 0) is 25.0 Å². The Hall–Kier alpha value is -2.70. The van der Waals surface area contributed by atoms with Gasteiger partial charge in [-0.2, -0.15) is 5.10 Å². The van der Waals surface area contributed by atoms with Gasteiger partial charge >= 0.3 is 0 Å². The van der Waals surface area contributed by atoms with E-state index in [1.807, 2.05) is 22.8 Å². The standard InChI is InChI=1S/C18H23N3O4/c1-20-14-6-5-7-21(11-13(14)10-19-20)18(22)12-8-15(23-2)17(25-4)16(9-12)24-3/h8-10H,5-7,11H2,1-4H3. The molecule has 1 aliphatic rings. The summed E-state index contributed by atoms with van der Waals surface area (Å²) in [5.74, 6) is 1.37. The zero-order valence-electron chi connectivity index (χ0n) is 15.0. The molecule has 3 rings (SSSR count). The molecule has 0 bridgehead atoms. The summed E-state index contributed by atoms with van der Waals surface area (Å²) in [5, 5.41) is 4.31. The molecule has 0 N–H and O–H groups in total. The molecule has 0 radical (unpaired) electrons. The highest BCUT2D eigenvalue weighted by molar-refractivity contribution is 5.95. The number of ether oxygens (including phenoxy) is 3. The lowest BCUT2D eigenvalue weighted by molar-refractivity contribution is 0.0745. The van der Waals surface area contributed by atoms with Crippen molar-refractivity contribution in [2.45, 2.75) is 19.4 Å². The van der Waals surface area contributed by atoms with Gasteiger partial charge in [0, 0.05) is 37.0 Å². The molecule has 1 aliphatic heterocycles. The highest BCUT2D eigenvalue weighted by Gasteiger charge is 2.24. The van der Waals surface area contributed by atoms with Gasteiger partial charge in [0.1, 0.15) is 0 Å². The Labute approximate surface area is 147 Å². The van der Waals surface area contributed by atoms with Crippen LogP contribution in [0.15, 0.2) is 18.3 Å². The molecule has 7 heteroatoms. The van der Waals surface area contributed by atoms with Gasteiger partial charge in [-0.15, -0.1) is 0 Å². The fourth-order valence-electron chi connectivity index (χ4n) is 3.25. The molecule has 1 aromatic carbocycles. The number of hydrogen-bond acceptors (Lipinski definition) is 5. The van der Waals surface area contributed by atoms with Crippen LogP contribution in [0.25, 0.3) is 0 Å². The van der Waals surface area contributed by atoms with E-state index < -0.39 is 0 Å². The fraction of sp³-hybridized carbons (Fsp3) is 0.444. The van der Waals surface area contributed by atoms with Crippen molar-refractivity contribution >= 4 is 5.91 Å². The molecule has 134 valence electrons. The van der Waals surface area contributed by atoms with Crippen molar-refractivity contribution in [2.24, 2.45) is 7.05 Å². The van der Waals surface area contributed by atoms with Gasteiger partial charge in [-0.3, -0.25) is 9.48 Å². The first-order chi connectivity index (χ1) is 12.1. The van der Waals surface area contributed by atoms with E-state index in [1.54, 1.807) is 33.5 Å². The van der Waals surface area contributed by atoms with Crippen molar-refractivity contribution in [3.63, 3.8) is 0 Å². The molecule has 0 unspecified atom stereocenters. The summed E-state index contributed by atoms with van der Waals surface area (Å²) in [7, 11) is 6.56. The predicted octanol–water partition coefficient (Wildman–Crippen LogP) is 2.03. The molecule has 0 fully saturated rings. The number of aromatic nitrogens is 2. The van der Waals surface area contributed by atoms with Gasteiger partial charge in [-0.1, -0.05) is 0 Å². The summed E-state index contributed by atoms with van der Waals surface area (Å²) >= 11 is 0. The Bertz CT molecular complexity index is 760. The number of carbonyl (C=O) groups excluding carboxylic acids is 1. The predicted molar refractivity (Wildman–Crippen MR) is 92.4 cm³/mol. The van der Waals surface area contributed by atoms with Crippen LogP contribution in [0.3, 0.4) is 0 Å². The van der Waals surface area contributed by atoms with Gasteiger partial charge < -0.3 is 19.1 Å². The highest BCUT2D eigenvalue weighted by Crippen LogP contribution is 2.38. The quantitative estimate of drug-likeness (QED) is 0.848. The van der Waals surface area contributed by atoms with Gasteiger partial charge in [0.25, 0.3) is 5.91 Å². The lowest BCUT2D eigenvalue weighted by atomic mass is 10.1. The van der Waals surface area contributed by atoms with E-state index in [2.05, 4.69) is 5.10 Å². The number of benzene rings is 1. The smallest absolute Gasteiger partial charge is 0.254 e. The minimum absolute atomic E-state index is 0.0593. The second-order valence-electron chi connectivity index (χ2n) is 5.98. The minimum Gasteiger partial charge on any atom is -0.493 e. The summed E-state index contributed by atoms with van der Waals surface area (Å²) in [6, 6.07) is 3.39. The number of carbonyl (C=O) groups is 1. The van der Waals surface area contributed by atoms with Crippen LogP contribution in [-0.4, -0.2) is 48.5 Å². The van der Waals surface area contributed by atoms with Crippen LogP contribution in [-0.2, 0) is 20.0 Å².